The summed E-state index contributed by atoms with van der Waals surface area (Å²) in [4.78, 5) is 0. The van der Waals surface area contributed by atoms with Crippen LogP contribution in [0.5, 0.6) is 0 Å². The van der Waals surface area contributed by atoms with Crippen LogP contribution in [-0.4, -0.2) is 25.2 Å². The second-order valence-corrected chi connectivity index (χ2v) is 5.95. The molecule has 0 amide bonds. The fourth-order valence-electron chi connectivity index (χ4n) is 2.62. The van der Waals surface area contributed by atoms with Crippen molar-refractivity contribution < 1.29 is 0 Å². The fraction of sp³-hybridized carbons (Fsp3) is 0.583. The van der Waals surface area contributed by atoms with Crippen molar-refractivity contribution in [2.45, 2.75) is 44.9 Å². The molecule has 1 aliphatic rings. The molecule has 0 atom stereocenters. The summed E-state index contributed by atoms with van der Waals surface area (Å²) in [5.74, 6) is 0.364. The minimum Gasteiger partial charge on any atom is -0.191 e. The van der Waals surface area contributed by atoms with Crippen molar-refractivity contribution in [1.29, 1.82) is 5.26 Å². The van der Waals surface area contributed by atoms with E-state index in [0.717, 1.165) is 23.5 Å². The standard InChI is InChI=1S/C12H14N6S/c1-8-14-16-12(19-8)18-11(10(7-13)15-17-18)9-5-3-2-4-6-9/h9H,2-6H2,1H3. The molecule has 1 aliphatic carbocycles. The van der Waals surface area contributed by atoms with Gasteiger partial charge in [0.25, 0.3) is 0 Å². The van der Waals surface area contributed by atoms with Gasteiger partial charge in [0.05, 0.1) is 5.69 Å². The van der Waals surface area contributed by atoms with Gasteiger partial charge in [0, 0.05) is 5.92 Å². The van der Waals surface area contributed by atoms with E-state index in [0.29, 0.717) is 16.7 Å². The van der Waals surface area contributed by atoms with Gasteiger partial charge in [-0.3, -0.25) is 0 Å². The lowest BCUT2D eigenvalue weighted by molar-refractivity contribution is 0.429. The van der Waals surface area contributed by atoms with Gasteiger partial charge < -0.3 is 0 Å². The number of nitrogens with zero attached hydrogens (tertiary/aromatic N) is 6. The van der Waals surface area contributed by atoms with Crippen LogP contribution in [0.2, 0.25) is 0 Å². The normalized spacial score (nSPS) is 16.4. The van der Waals surface area contributed by atoms with Crippen LogP contribution in [0.1, 0.15) is 54.4 Å². The van der Waals surface area contributed by atoms with Crippen LogP contribution in [0.4, 0.5) is 0 Å². The summed E-state index contributed by atoms with van der Waals surface area (Å²) in [6.45, 7) is 1.91. The van der Waals surface area contributed by atoms with E-state index in [1.165, 1.54) is 30.6 Å². The van der Waals surface area contributed by atoms with Crippen molar-refractivity contribution in [2.24, 2.45) is 0 Å². The zero-order valence-corrected chi connectivity index (χ0v) is 11.5. The van der Waals surface area contributed by atoms with Crippen molar-refractivity contribution >= 4 is 11.3 Å². The largest absolute Gasteiger partial charge is 0.234 e. The highest BCUT2D eigenvalue weighted by Gasteiger charge is 2.26. The SMILES string of the molecule is Cc1nnc(-n2nnc(C#N)c2C2CCCCC2)s1. The Morgan fingerprint density at radius 2 is 2.00 bits per heavy atom. The maximum Gasteiger partial charge on any atom is 0.234 e. The van der Waals surface area contributed by atoms with Crippen LogP contribution < -0.4 is 0 Å². The monoisotopic (exact) mass is 274 g/mol. The molecule has 0 N–H and O–H groups in total. The van der Waals surface area contributed by atoms with E-state index in [2.05, 4.69) is 26.6 Å². The lowest BCUT2D eigenvalue weighted by Gasteiger charge is -2.21. The van der Waals surface area contributed by atoms with E-state index < -0.39 is 0 Å². The molecule has 98 valence electrons. The molecule has 6 nitrogen and oxygen atoms in total. The highest BCUT2D eigenvalue weighted by Crippen LogP contribution is 2.34. The Bertz CT molecular complexity index is 616. The predicted molar refractivity (Wildman–Crippen MR) is 70.1 cm³/mol. The molecule has 2 aromatic heterocycles. The van der Waals surface area contributed by atoms with E-state index >= 15 is 0 Å². The lowest BCUT2D eigenvalue weighted by Crippen LogP contribution is -2.12. The third kappa shape index (κ3) is 2.24. The number of hydrogen-bond donors (Lipinski definition) is 0. The Kier molecular flexibility index (Phi) is 3.25. The minimum atomic E-state index is 0.364. The molecule has 1 fully saturated rings. The van der Waals surface area contributed by atoms with E-state index in [1.54, 1.807) is 4.68 Å². The Balaban J connectivity index is 2.05. The van der Waals surface area contributed by atoms with Gasteiger partial charge in [-0.15, -0.1) is 15.3 Å². The molecule has 2 heterocycles. The first-order valence-corrected chi connectivity index (χ1v) is 7.27. The third-order valence-corrected chi connectivity index (χ3v) is 4.31. The first-order valence-electron chi connectivity index (χ1n) is 6.46. The van der Waals surface area contributed by atoms with Gasteiger partial charge in [-0.25, -0.2) is 0 Å². The molecule has 0 aromatic carbocycles. The molecule has 2 aromatic rings. The number of aryl methyl sites for hydroxylation is 1. The van der Waals surface area contributed by atoms with Gasteiger partial charge >= 0.3 is 0 Å². The number of aromatic nitrogens is 5. The van der Waals surface area contributed by atoms with Crippen LogP contribution >= 0.6 is 11.3 Å². The topological polar surface area (TPSA) is 80.3 Å². The van der Waals surface area contributed by atoms with Crippen LogP contribution in [0.3, 0.4) is 0 Å². The average Bonchev–Trinajstić information content (AvgIpc) is 3.05. The highest BCUT2D eigenvalue weighted by molar-refractivity contribution is 7.13. The second kappa shape index (κ2) is 5.05. The Hall–Kier alpha value is -1.81. The Labute approximate surface area is 115 Å². The Morgan fingerprint density at radius 1 is 1.21 bits per heavy atom. The number of nitriles is 1. The summed E-state index contributed by atoms with van der Waals surface area (Å²) in [6, 6.07) is 2.15. The molecule has 7 heteroatoms. The van der Waals surface area contributed by atoms with Gasteiger partial charge in [-0.1, -0.05) is 35.8 Å². The van der Waals surface area contributed by atoms with Gasteiger partial charge in [-0.05, 0) is 19.8 Å². The zero-order valence-electron chi connectivity index (χ0n) is 10.7. The summed E-state index contributed by atoms with van der Waals surface area (Å²) in [7, 11) is 0. The quantitative estimate of drug-likeness (QED) is 0.839. The molecule has 0 radical (unpaired) electrons. The molecule has 1 saturated carbocycles. The average molecular weight is 274 g/mol. The van der Waals surface area contributed by atoms with E-state index in [-0.39, 0.29) is 0 Å². The molecule has 0 spiro atoms. The first-order chi connectivity index (χ1) is 9.29. The number of rotatable bonds is 2. The summed E-state index contributed by atoms with van der Waals surface area (Å²) >= 11 is 1.47. The molecule has 19 heavy (non-hydrogen) atoms. The third-order valence-electron chi connectivity index (χ3n) is 3.50. The number of hydrogen-bond acceptors (Lipinski definition) is 6. The summed E-state index contributed by atoms with van der Waals surface area (Å²) in [5, 5.41) is 27.0. The van der Waals surface area contributed by atoms with Crippen molar-refractivity contribution in [3.8, 4) is 11.2 Å². The van der Waals surface area contributed by atoms with Crippen molar-refractivity contribution in [1.82, 2.24) is 25.2 Å². The van der Waals surface area contributed by atoms with Gasteiger partial charge in [0.1, 0.15) is 11.1 Å². The summed E-state index contributed by atoms with van der Waals surface area (Å²) in [6.07, 6.45) is 5.88. The second-order valence-electron chi connectivity index (χ2n) is 4.79. The van der Waals surface area contributed by atoms with E-state index in [9.17, 15) is 5.26 Å². The molecule has 0 bridgehead atoms. The fourth-order valence-corrected chi connectivity index (χ4v) is 3.27. The molecule has 0 aliphatic heterocycles. The van der Waals surface area contributed by atoms with Crippen LogP contribution in [0.25, 0.3) is 5.13 Å². The zero-order chi connectivity index (χ0) is 13.2. The Morgan fingerprint density at radius 3 is 2.63 bits per heavy atom. The van der Waals surface area contributed by atoms with Gasteiger partial charge in [0.15, 0.2) is 5.69 Å². The van der Waals surface area contributed by atoms with Crippen molar-refractivity contribution in [3.05, 3.63) is 16.4 Å². The molecule has 3 rings (SSSR count). The molecular formula is C12H14N6S. The van der Waals surface area contributed by atoms with E-state index in [1.807, 2.05) is 6.92 Å². The maximum absolute atomic E-state index is 9.22. The summed E-state index contributed by atoms with van der Waals surface area (Å²) in [5.41, 5.74) is 1.35. The van der Waals surface area contributed by atoms with Crippen LogP contribution in [0, 0.1) is 18.3 Å². The molecular weight excluding hydrogens is 260 g/mol. The van der Waals surface area contributed by atoms with Gasteiger partial charge in [-0.2, -0.15) is 9.94 Å². The van der Waals surface area contributed by atoms with Crippen molar-refractivity contribution in [3.63, 3.8) is 0 Å². The smallest absolute Gasteiger partial charge is 0.191 e. The minimum absolute atomic E-state index is 0.364. The summed E-state index contributed by atoms with van der Waals surface area (Å²) < 4.78 is 1.71. The predicted octanol–water partition coefficient (Wildman–Crippen LogP) is 2.35. The molecule has 0 saturated heterocycles. The molecule has 0 unspecified atom stereocenters. The van der Waals surface area contributed by atoms with Gasteiger partial charge in [0.2, 0.25) is 5.13 Å². The van der Waals surface area contributed by atoms with Crippen LogP contribution in [0.15, 0.2) is 0 Å². The lowest BCUT2D eigenvalue weighted by atomic mass is 9.86. The van der Waals surface area contributed by atoms with Crippen LogP contribution in [-0.2, 0) is 0 Å². The van der Waals surface area contributed by atoms with Crippen molar-refractivity contribution in [2.75, 3.05) is 0 Å². The first kappa shape index (κ1) is 12.2. The highest BCUT2D eigenvalue weighted by atomic mass is 32.1. The maximum atomic E-state index is 9.22. The van der Waals surface area contributed by atoms with E-state index in [4.69, 9.17) is 0 Å².